The van der Waals surface area contributed by atoms with Gasteiger partial charge in [-0.1, -0.05) is 6.07 Å². The molecule has 13 heavy (non-hydrogen) atoms. The predicted octanol–water partition coefficient (Wildman–Crippen LogP) is 2.43. The van der Waals surface area contributed by atoms with Crippen LogP contribution in [0, 0.1) is 13.8 Å². The van der Waals surface area contributed by atoms with Crippen LogP contribution in [0.1, 0.15) is 11.1 Å². The lowest BCUT2D eigenvalue weighted by atomic mass is 10.0. The Bertz CT molecular complexity index is 461. The maximum Gasteiger partial charge on any atom is 0.0934 e. The van der Waals surface area contributed by atoms with Gasteiger partial charge in [0.1, 0.15) is 0 Å². The summed E-state index contributed by atoms with van der Waals surface area (Å²) >= 11 is 0. The largest absolute Gasteiger partial charge is 0.397 e. The van der Waals surface area contributed by atoms with Gasteiger partial charge in [-0.25, -0.2) is 0 Å². The Kier molecular flexibility index (Phi) is 1.69. The Morgan fingerprint density at radius 1 is 1.31 bits per heavy atom. The molecular weight excluding hydrogens is 160 g/mol. The molecule has 0 radical (unpaired) electrons. The van der Waals surface area contributed by atoms with Crippen molar-refractivity contribution in [2.75, 3.05) is 5.73 Å². The third-order valence-electron chi connectivity index (χ3n) is 2.46. The molecule has 0 aliphatic rings. The smallest absolute Gasteiger partial charge is 0.0934 e. The van der Waals surface area contributed by atoms with Crippen molar-refractivity contribution in [1.29, 1.82) is 0 Å². The van der Waals surface area contributed by atoms with Gasteiger partial charge in [0.05, 0.1) is 11.2 Å². The first-order chi connectivity index (χ1) is 6.20. The zero-order valence-corrected chi connectivity index (χ0v) is 7.83. The summed E-state index contributed by atoms with van der Waals surface area (Å²) in [6.45, 7) is 4.09. The summed E-state index contributed by atoms with van der Waals surface area (Å²) in [5.41, 5.74) is 10.0. The van der Waals surface area contributed by atoms with Crippen molar-refractivity contribution in [2.45, 2.75) is 13.8 Å². The molecule has 0 aliphatic carbocycles. The Balaban J connectivity index is 2.94. The zero-order valence-electron chi connectivity index (χ0n) is 7.83. The number of nitrogen functional groups attached to an aromatic ring is 1. The fourth-order valence-electron chi connectivity index (χ4n) is 1.49. The van der Waals surface area contributed by atoms with Crippen LogP contribution in [0.3, 0.4) is 0 Å². The van der Waals surface area contributed by atoms with Crippen LogP contribution < -0.4 is 5.73 Å². The molecule has 0 bridgehead atoms. The number of aromatic nitrogens is 1. The standard InChI is InChI=1S/C11H12N2/c1-7-6-9-4-3-5-13-11(9)10(12)8(7)2/h3-6H,12H2,1-2H3. The van der Waals surface area contributed by atoms with Gasteiger partial charge >= 0.3 is 0 Å². The molecule has 0 fully saturated rings. The van der Waals surface area contributed by atoms with Crippen LogP contribution in [-0.4, -0.2) is 4.98 Å². The van der Waals surface area contributed by atoms with E-state index >= 15 is 0 Å². The summed E-state index contributed by atoms with van der Waals surface area (Å²) in [5, 5.41) is 1.11. The molecule has 0 unspecified atom stereocenters. The van der Waals surface area contributed by atoms with Crippen molar-refractivity contribution >= 4 is 16.6 Å². The van der Waals surface area contributed by atoms with E-state index in [1.165, 1.54) is 5.56 Å². The predicted molar refractivity (Wildman–Crippen MR) is 55.6 cm³/mol. The van der Waals surface area contributed by atoms with Gasteiger partial charge in [-0.05, 0) is 37.1 Å². The average molecular weight is 172 g/mol. The van der Waals surface area contributed by atoms with E-state index in [2.05, 4.69) is 18.0 Å². The van der Waals surface area contributed by atoms with E-state index in [9.17, 15) is 0 Å². The maximum absolute atomic E-state index is 5.96. The molecule has 1 aromatic heterocycles. The first-order valence-electron chi connectivity index (χ1n) is 4.30. The van der Waals surface area contributed by atoms with Crippen molar-refractivity contribution in [3.63, 3.8) is 0 Å². The second-order valence-corrected chi connectivity index (χ2v) is 3.31. The third kappa shape index (κ3) is 1.15. The molecule has 2 aromatic rings. The van der Waals surface area contributed by atoms with Gasteiger partial charge in [-0.2, -0.15) is 0 Å². The molecule has 1 heterocycles. The van der Waals surface area contributed by atoms with Gasteiger partial charge in [0, 0.05) is 11.6 Å². The van der Waals surface area contributed by atoms with Gasteiger partial charge in [0.25, 0.3) is 0 Å². The lowest BCUT2D eigenvalue weighted by molar-refractivity contribution is 1.33. The second-order valence-electron chi connectivity index (χ2n) is 3.31. The molecule has 2 heteroatoms. The number of benzene rings is 1. The van der Waals surface area contributed by atoms with E-state index in [0.29, 0.717) is 0 Å². The minimum absolute atomic E-state index is 0.801. The number of pyridine rings is 1. The molecule has 66 valence electrons. The molecule has 0 atom stereocenters. The molecule has 0 spiro atoms. The molecule has 0 saturated carbocycles. The number of hydrogen-bond acceptors (Lipinski definition) is 2. The van der Waals surface area contributed by atoms with E-state index in [-0.39, 0.29) is 0 Å². The monoisotopic (exact) mass is 172 g/mol. The van der Waals surface area contributed by atoms with Crippen LogP contribution in [0.4, 0.5) is 5.69 Å². The summed E-state index contributed by atoms with van der Waals surface area (Å²) in [5.74, 6) is 0. The SMILES string of the molecule is Cc1cc2cccnc2c(N)c1C. The first-order valence-corrected chi connectivity index (χ1v) is 4.30. The number of nitrogens with zero attached hydrogens (tertiary/aromatic N) is 1. The summed E-state index contributed by atoms with van der Waals surface area (Å²) in [6.07, 6.45) is 1.77. The summed E-state index contributed by atoms with van der Waals surface area (Å²) in [6, 6.07) is 6.08. The fourth-order valence-corrected chi connectivity index (χ4v) is 1.49. The number of fused-ring (bicyclic) bond motifs is 1. The topological polar surface area (TPSA) is 38.9 Å². The van der Waals surface area contributed by atoms with Crippen LogP contribution in [0.25, 0.3) is 10.9 Å². The molecule has 2 N–H and O–H groups in total. The van der Waals surface area contributed by atoms with Crippen molar-refractivity contribution in [3.05, 3.63) is 35.5 Å². The van der Waals surface area contributed by atoms with Crippen LogP contribution in [0.5, 0.6) is 0 Å². The van der Waals surface area contributed by atoms with Crippen molar-refractivity contribution in [1.82, 2.24) is 4.98 Å². The number of aryl methyl sites for hydroxylation is 1. The highest BCUT2D eigenvalue weighted by Gasteiger charge is 2.04. The maximum atomic E-state index is 5.96. The van der Waals surface area contributed by atoms with E-state index in [4.69, 9.17) is 5.73 Å². The third-order valence-corrected chi connectivity index (χ3v) is 2.46. The Morgan fingerprint density at radius 3 is 2.85 bits per heavy atom. The Labute approximate surface area is 77.4 Å². The van der Waals surface area contributed by atoms with Gasteiger partial charge in [-0.15, -0.1) is 0 Å². The van der Waals surface area contributed by atoms with Crippen LogP contribution >= 0.6 is 0 Å². The lowest BCUT2D eigenvalue weighted by Crippen LogP contribution is -1.95. The minimum atomic E-state index is 0.801. The highest BCUT2D eigenvalue weighted by Crippen LogP contribution is 2.24. The first kappa shape index (κ1) is 8.05. The van der Waals surface area contributed by atoms with Gasteiger partial charge in [-0.3, -0.25) is 4.98 Å². The number of anilines is 1. The highest BCUT2D eigenvalue weighted by atomic mass is 14.7. The second kappa shape index (κ2) is 2.73. The molecule has 0 amide bonds. The van der Waals surface area contributed by atoms with Gasteiger partial charge in [0.15, 0.2) is 0 Å². The summed E-state index contributed by atoms with van der Waals surface area (Å²) < 4.78 is 0. The Morgan fingerprint density at radius 2 is 2.08 bits per heavy atom. The zero-order chi connectivity index (χ0) is 9.42. The molecule has 2 nitrogen and oxygen atoms in total. The number of nitrogens with two attached hydrogens (primary N) is 1. The van der Waals surface area contributed by atoms with Crippen LogP contribution in [0.2, 0.25) is 0 Å². The summed E-state index contributed by atoms with van der Waals surface area (Å²) in [7, 11) is 0. The minimum Gasteiger partial charge on any atom is -0.397 e. The van der Waals surface area contributed by atoms with Crippen molar-refractivity contribution < 1.29 is 0 Å². The molecule has 0 saturated heterocycles. The normalized spacial score (nSPS) is 10.6. The van der Waals surface area contributed by atoms with Gasteiger partial charge < -0.3 is 5.73 Å². The molecule has 1 aromatic carbocycles. The van der Waals surface area contributed by atoms with E-state index in [1.54, 1.807) is 6.20 Å². The van der Waals surface area contributed by atoms with E-state index in [0.717, 1.165) is 22.2 Å². The quantitative estimate of drug-likeness (QED) is 0.620. The van der Waals surface area contributed by atoms with Crippen molar-refractivity contribution in [3.8, 4) is 0 Å². The lowest BCUT2D eigenvalue weighted by Gasteiger charge is -2.07. The average Bonchev–Trinajstić information content (AvgIpc) is 2.15. The van der Waals surface area contributed by atoms with Crippen LogP contribution in [-0.2, 0) is 0 Å². The molecule has 2 rings (SSSR count). The van der Waals surface area contributed by atoms with Crippen LogP contribution in [0.15, 0.2) is 24.4 Å². The van der Waals surface area contributed by atoms with Crippen molar-refractivity contribution in [2.24, 2.45) is 0 Å². The molecular formula is C11H12N2. The van der Waals surface area contributed by atoms with E-state index in [1.807, 2.05) is 19.1 Å². The Hall–Kier alpha value is -1.57. The van der Waals surface area contributed by atoms with E-state index < -0.39 is 0 Å². The summed E-state index contributed by atoms with van der Waals surface area (Å²) in [4.78, 5) is 4.26. The fraction of sp³-hybridized carbons (Fsp3) is 0.182. The number of hydrogen-bond donors (Lipinski definition) is 1. The molecule has 0 aliphatic heterocycles. The van der Waals surface area contributed by atoms with Gasteiger partial charge in [0.2, 0.25) is 0 Å². The highest BCUT2D eigenvalue weighted by molar-refractivity contribution is 5.91. The number of rotatable bonds is 0.